The predicted molar refractivity (Wildman–Crippen MR) is 184 cm³/mol. The van der Waals surface area contributed by atoms with Crippen LogP contribution in [-0.2, 0) is 20.2 Å². The van der Waals surface area contributed by atoms with Gasteiger partial charge in [0.1, 0.15) is 27.6 Å². The number of carbonyl (C=O) groups excluding carboxylic acids is 1. The highest BCUT2D eigenvalue weighted by Crippen LogP contribution is 2.55. The van der Waals surface area contributed by atoms with Crippen LogP contribution in [0, 0.1) is 0 Å². The average Bonchev–Trinajstić information content (AvgIpc) is 3.36. The van der Waals surface area contributed by atoms with Crippen molar-refractivity contribution in [2.45, 2.75) is 36.3 Å². The fourth-order valence-electron chi connectivity index (χ4n) is 6.79. The number of ether oxygens (including phenoxy) is 3. The molecule has 2 unspecified atom stereocenters. The molecule has 1 aromatic heterocycles. The van der Waals surface area contributed by atoms with Gasteiger partial charge in [-0.3, -0.25) is 9.78 Å². The van der Waals surface area contributed by atoms with Gasteiger partial charge in [0.2, 0.25) is 0 Å². The summed E-state index contributed by atoms with van der Waals surface area (Å²) in [5.41, 5.74) is -0.657. The summed E-state index contributed by atoms with van der Waals surface area (Å²) >= 11 is 6.64. The molecule has 0 saturated carbocycles. The fraction of sp³-hybridized carbons (Fsp3) is 0.286. The molecule has 0 bridgehead atoms. The number of nitrogens with zero attached hydrogens (tertiary/aromatic N) is 4. The monoisotopic (exact) mass is 706 g/mol. The van der Waals surface area contributed by atoms with E-state index >= 15 is 4.79 Å². The topological polar surface area (TPSA) is 139 Å². The Morgan fingerprint density at radius 3 is 2.37 bits per heavy atom. The maximum Gasteiger partial charge on any atom is 0.407 e. The van der Waals surface area contributed by atoms with E-state index in [0.717, 1.165) is 9.99 Å². The number of rotatable bonds is 9. The molecule has 0 aliphatic carbocycles. The number of carboxylic acid groups (broad SMARTS) is 1. The molecule has 0 spiro atoms. The molecule has 256 valence electrons. The summed E-state index contributed by atoms with van der Waals surface area (Å²) in [4.78, 5) is 35.7. The van der Waals surface area contributed by atoms with Gasteiger partial charge < -0.3 is 29.1 Å². The number of anilines is 2. The minimum Gasteiger partial charge on any atom is -0.497 e. The zero-order valence-corrected chi connectivity index (χ0v) is 28.8. The van der Waals surface area contributed by atoms with Crippen LogP contribution in [0.1, 0.15) is 25.0 Å². The molecule has 1 saturated heterocycles. The Morgan fingerprint density at radius 1 is 0.959 bits per heavy atom. The van der Waals surface area contributed by atoms with E-state index in [0.29, 0.717) is 23.6 Å². The number of benzene rings is 3. The lowest BCUT2D eigenvalue weighted by molar-refractivity contribution is -0.122. The van der Waals surface area contributed by atoms with E-state index in [9.17, 15) is 18.3 Å². The van der Waals surface area contributed by atoms with Gasteiger partial charge in [0.05, 0.1) is 32.1 Å². The lowest BCUT2D eigenvalue weighted by Crippen LogP contribution is -2.66. The van der Waals surface area contributed by atoms with Gasteiger partial charge in [-0.25, -0.2) is 17.5 Å². The molecule has 2 aliphatic rings. The Kier molecular flexibility index (Phi) is 9.07. The number of aromatic nitrogens is 1. The molecular weight excluding hydrogens is 672 g/mol. The Balaban J connectivity index is 1.68. The van der Waals surface area contributed by atoms with Crippen molar-refractivity contribution in [2.24, 2.45) is 0 Å². The number of pyridine rings is 1. The maximum atomic E-state index is 15.6. The van der Waals surface area contributed by atoms with E-state index in [4.69, 9.17) is 25.8 Å². The van der Waals surface area contributed by atoms with Crippen molar-refractivity contribution in [3.05, 3.63) is 101 Å². The summed E-state index contributed by atoms with van der Waals surface area (Å²) in [6.45, 7) is 4.00. The number of methoxy groups -OCH3 is 2. The number of hydrogen-bond acceptors (Lipinski definition) is 9. The Morgan fingerprint density at radius 2 is 1.69 bits per heavy atom. The van der Waals surface area contributed by atoms with Gasteiger partial charge in [-0.05, 0) is 62.4 Å². The first-order chi connectivity index (χ1) is 23.4. The average molecular weight is 707 g/mol. The summed E-state index contributed by atoms with van der Waals surface area (Å²) in [5.74, 6) is -0.294. The minimum atomic E-state index is -4.71. The van der Waals surface area contributed by atoms with E-state index in [-0.39, 0.29) is 46.1 Å². The largest absolute Gasteiger partial charge is 0.497 e. The summed E-state index contributed by atoms with van der Waals surface area (Å²) in [5, 5.41) is 10.9. The molecule has 49 heavy (non-hydrogen) atoms. The lowest BCUT2D eigenvalue weighted by Gasteiger charge is -2.48. The number of piperazine rings is 1. The highest BCUT2D eigenvalue weighted by atomic mass is 35.5. The van der Waals surface area contributed by atoms with Gasteiger partial charge in [-0.1, -0.05) is 29.8 Å². The van der Waals surface area contributed by atoms with Crippen molar-refractivity contribution >= 4 is 45.0 Å². The molecule has 3 heterocycles. The molecule has 2 atom stereocenters. The summed E-state index contributed by atoms with van der Waals surface area (Å²) < 4.78 is 47.4. The van der Waals surface area contributed by atoms with Crippen molar-refractivity contribution in [2.75, 3.05) is 43.1 Å². The van der Waals surface area contributed by atoms with E-state index in [1.807, 2.05) is 18.7 Å². The second-order valence-corrected chi connectivity index (χ2v) is 14.1. The third-order valence-corrected chi connectivity index (χ3v) is 10.8. The molecule has 14 heteroatoms. The van der Waals surface area contributed by atoms with Gasteiger partial charge in [0.25, 0.3) is 15.9 Å². The zero-order chi connectivity index (χ0) is 35.1. The maximum absolute atomic E-state index is 15.6. The van der Waals surface area contributed by atoms with E-state index in [1.165, 1.54) is 55.5 Å². The molecule has 4 aromatic rings. The van der Waals surface area contributed by atoms with Crippen molar-refractivity contribution in [1.82, 2.24) is 9.88 Å². The van der Waals surface area contributed by atoms with E-state index in [2.05, 4.69) is 4.98 Å². The third-order valence-electron chi connectivity index (χ3n) is 8.84. The van der Waals surface area contributed by atoms with Crippen LogP contribution in [0.15, 0.2) is 90.1 Å². The van der Waals surface area contributed by atoms with Crippen LogP contribution in [0.25, 0.3) is 0 Å². The zero-order valence-electron chi connectivity index (χ0n) is 27.2. The Bertz CT molecular complexity index is 2010. The number of hydrogen-bond donors (Lipinski definition) is 1. The number of sulfonamides is 1. The van der Waals surface area contributed by atoms with Gasteiger partial charge in [0.15, 0.2) is 0 Å². The first-order valence-electron chi connectivity index (χ1n) is 15.5. The lowest BCUT2D eigenvalue weighted by atomic mass is 9.68. The van der Waals surface area contributed by atoms with Crippen LogP contribution in [0.2, 0.25) is 5.02 Å². The quantitative estimate of drug-likeness (QED) is 0.240. The van der Waals surface area contributed by atoms with Crippen LogP contribution >= 0.6 is 11.6 Å². The number of para-hydroxylation sites is 1. The summed E-state index contributed by atoms with van der Waals surface area (Å²) in [6.07, 6.45) is 1.64. The molecule has 2 aliphatic heterocycles. The van der Waals surface area contributed by atoms with E-state index in [1.54, 1.807) is 48.8 Å². The minimum absolute atomic E-state index is 0.0134. The standard InChI is InChI=1S/C35H35ClN4O8S/c1-22(2)48-29-8-6-5-7-26(29)35(32-21-38(17-18-39(32)34(42)43)24-13-15-37-16-14-24)27-19-23(36)9-11-28(27)40(33(35)41)49(44,45)31-12-10-25(46-3)20-30(31)47-4/h5-16,19-20,22,32H,17-18,21H2,1-4H3,(H,42,43). The molecule has 1 fully saturated rings. The van der Waals surface area contributed by atoms with Crippen LogP contribution < -0.4 is 23.4 Å². The molecular formula is C35H35ClN4O8S. The Hall–Kier alpha value is -5.01. The van der Waals surface area contributed by atoms with Gasteiger partial charge in [-0.2, -0.15) is 0 Å². The Labute approximate surface area is 289 Å². The van der Waals surface area contributed by atoms with Crippen LogP contribution in [0.3, 0.4) is 0 Å². The predicted octanol–water partition coefficient (Wildman–Crippen LogP) is 5.43. The first-order valence-corrected chi connectivity index (χ1v) is 17.3. The van der Waals surface area contributed by atoms with Gasteiger partial charge in [-0.15, -0.1) is 0 Å². The number of amides is 2. The first kappa shape index (κ1) is 33.9. The SMILES string of the molecule is COc1ccc(S(=O)(=O)N2C(=O)C(c3ccccc3OC(C)C)(C3CN(c4ccncc4)CCN3C(=O)O)c3cc(Cl)ccc32)c(OC)c1. The number of carbonyl (C=O) groups is 2. The fourth-order valence-corrected chi connectivity index (χ4v) is 8.58. The highest BCUT2D eigenvalue weighted by molar-refractivity contribution is 7.93. The number of fused-ring (bicyclic) bond motifs is 1. The molecule has 6 rings (SSSR count). The normalized spacial score (nSPS) is 19.2. The van der Waals surface area contributed by atoms with Gasteiger partial charge in [0, 0.05) is 59.9 Å². The smallest absolute Gasteiger partial charge is 0.407 e. The summed E-state index contributed by atoms with van der Waals surface area (Å²) in [7, 11) is -1.95. The molecule has 12 nitrogen and oxygen atoms in total. The van der Waals surface area contributed by atoms with Crippen LogP contribution in [0.5, 0.6) is 17.2 Å². The summed E-state index contributed by atoms with van der Waals surface area (Å²) in [6, 6.07) is 17.9. The molecule has 2 amide bonds. The molecule has 3 aromatic carbocycles. The molecule has 1 N–H and O–H groups in total. The van der Waals surface area contributed by atoms with Crippen molar-refractivity contribution in [3.8, 4) is 17.2 Å². The number of halogens is 1. The highest BCUT2D eigenvalue weighted by Gasteiger charge is 2.64. The molecule has 0 radical (unpaired) electrons. The van der Waals surface area contributed by atoms with Gasteiger partial charge >= 0.3 is 6.09 Å². The van der Waals surface area contributed by atoms with Crippen molar-refractivity contribution in [1.29, 1.82) is 0 Å². The van der Waals surface area contributed by atoms with Crippen molar-refractivity contribution < 1.29 is 37.3 Å². The second-order valence-electron chi connectivity index (χ2n) is 11.9. The van der Waals surface area contributed by atoms with Crippen LogP contribution in [-0.4, -0.2) is 81.4 Å². The third kappa shape index (κ3) is 5.66. The second kappa shape index (κ2) is 13.1. The van der Waals surface area contributed by atoms with E-state index < -0.39 is 33.5 Å². The van der Waals surface area contributed by atoms with Crippen LogP contribution in [0.4, 0.5) is 16.2 Å². The van der Waals surface area contributed by atoms with Crippen molar-refractivity contribution in [3.63, 3.8) is 0 Å².